The molecule has 0 saturated carbocycles. The van der Waals surface area contributed by atoms with Crippen LogP contribution in [0, 0.1) is 5.92 Å². The van der Waals surface area contributed by atoms with Gasteiger partial charge in [-0.2, -0.15) is 0 Å². The minimum absolute atomic E-state index is 0.462. The third-order valence-electron chi connectivity index (χ3n) is 3.77. The Labute approximate surface area is 116 Å². The maximum absolute atomic E-state index is 5.76. The maximum atomic E-state index is 5.76. The molecule has 1 fully saturated rings. The third kappa shape index (κ3) is 4.51. The second-order valence-corrected chi connectivity index (χ2v) is 5.35. The fourth-order valence-electron chi connectivity index (χ4n) is 2.86. The molecule has 1 aliphatic heterocycles. The van der Waals surface area contributed by atoms with E-state index < -0.39 is 0 Å². The molecule has 1 aromatic rings. The third-order valence-corrected chi connectivity index (χ3v) is 3.77. The molecule has 0 amide bonds. The van der Waals surface area contributed by atoms with Gasteiger partial charge < -0.3 is 14.8 Å². The molecular weight excluding hydrogens is 238 g/mol. The predicted octanol–water partition coefficient (Wildman–Crippen LogP) is 2.64. The van der Waals surface area contributed by atoms with E-state index in [1.807, 2.05) is 13.1 Å². The molecule has 1 aromatic carbocycles. The molecule has 0 spiro atoms. The Morgan fingerprint density at radius 3 is 3.05 bits per heavy atom. The largest absolute Gasteiger partial charge is 0.497 e. The van der Waals surface area contributed by atoms with Crippen molar-refractivity contribution in [3.8, 4) is 5.75 Å². The van der Waals surface area contributed by atoms with E-state index in [4.69, 9.17) is 9.47 Å². The summed E-state index contributed by atoms with van der Waals surface area (Å²) in [5.74, 6) is 1.57. The molecule has 0 bridgehead atoms. The highest BCUT2D eigenvalue weighted by atomic mass is 16.5. The quantitative estimate of drug-likeness (QED) is 0.820. The van der Waals surface area contributed by atoms with Crippen LogP contribution in [0.2, 0.25) is 0 Å². The summed E-state index contributed by atoms with van der Waals surface area (Å²) < 4.78 is 11.0. The SMILES string of the molecule is CNCC(Cc1cccc(OC)c1)CC1CCCO1. The maximum Gasteiger partial charge on any atom is 0.119 e. The molecule has 0 aliphatic carbocycles. The summed E-state index contributed by atoms with van der Waals surface area (Å²) >= 11 is 0. The van der Waals surface area contributed by atoms with Crippen LogP contribution in [0.1, 0.15) is 24.8 Å². The van der Waals surface area contributed by atoms with Crippen LogP contribution in [0.4, 0.5) is 0 Å². The fourth-order valence-corrected chi connectivity index (χ4v) is 2.86. The van der Waals surface area contributed by atoms with Crippen molar-refractivity contribution in [1.82, 2.24) is 5.32 Å². The second-order valence-electron chi connectivity index (χ2n) is 5.35. The van der Waals surface area contributed by atoms with E-state index in [1.54, 1.807) is 7.11 Å². The molecule has 2 atom stereocenters. The van der Waals surface area contributed by atoms with Gasteiger partial charge in [0.05, 0.1) is 13.2 Å². The highest BCUT2D eigenvalue weighted by Crippen LogP contribution is 2.23. The summed E-state index contributed by atoms with van der Waals surface area (Å²) in [5.41, 5.74) is 1.34. The minimum atomic E-state index is 0.462. The lowest BCUT2D eigenvalue weighted by molar-refractivity contribution is 0.0895. The molecule has 2 rings (SSSR count). The van der Waals surface area contributed by atoms with E-state index >= 15 is 0 Å². The molecule has 1 aliphatic rings. The van der Waals surface area contributed by atoms with Gasteiger partial charge in [-0.1, -0.05) is 12.1 Å². The van der Waals surface area contributed by atoms with Crippen molar-refractivity contribution in [2.24, 2.45) is 5.92 Å². The standard InChI is InChI=1S/C16H25NO2/c1-17-12-14(11-16-7-4-8-19-16)9-13-5-3-6-15(10-13)18-2/h3,5-6,10,14,16-17H,4,7-9,11-12H2,1-2H3. The van der Waals surface area contributed by atoms with Gasteiger partial charge >= 0.3 is 0 Å². The van der Waals surface area contributed by atoms with Crippen molar-refractivity contribution in [2.75, 3.05) is 27.3 Å². The van der Waals surface area contributed by atoms with Gasteiger partial charge in [-0.3, -0.25) is 0 Å². The first-order chi connectivity index (χ1) is 9.31. The van der Waals surface area contributed by atoms with E-state index in [9.17, 15) is 0 Å². The minimum Gasteiger partial charge on any atom is -0.497 e. The summed E-state index contributed by atoms with van der Waals surface area (Å²) in [7, 11) is 3.74. The van der Waals surface area contributed by atoms with Crippen LogP contribution in [0.25, 0.3) is 0 Å². The van der Waals surface area contributed by atoms with Crippen LogP contribution < -0.4 is 10.1 Å². The monoisotopic (exact) mass is 263 g/mol. The van der Waals surface area contributed by atoms with Crippen molar-refractivity contribution in [2.45, 2.75) is 31.8 Å². The molecule has 1 N–H and O–H groups in total. The summed E-state index contributed by atoms with van der Waals surface area (Å²) in [6.07, 6.45) is 5.13. The van der Waals surface area contributed by atoms with Gasteiger partial charge in [0, 0.05) is 6.61 Å². The van der Waals surface area contributed by atoms with Gasteiger partial charge in [-0.25, -0.2) is 0 Å². The molecule has 0 aromatic heterocycles. The first kappa shape index (κ1) is 14.4. The lowest BCUT2D eigenvalue weighted by atomic mass is 9.92. The zero-order valence-electron chi connectivity index (χ0n) is 12.0. The van der Waals surface area contributed by atoms with Gasteiger partial charge in [0.2, 0.25) is 0 Å². The van der Waals surface area contributed by atoms with E-state index in [0.717, 1.165) is 31.7 Å². The van der Waals surface area contributed by atoms with Crippen molar-refractivity contribution >= 4 is 0 Å². The highest BCUT2D eigenvalue weighted by Gasteiger charge is 2.20. The Morgan fingerprint density at radius 2 is 2.37 bits per heavy atom. The Kier molecular flexibility index (Phi) is 5.67. The van der Waals surface area contributed by atoms with Crippen LogP contribution in [0.15, 0.2) is 24.3 Å². The highest BCUT2D eigenvalue weighted by molar-refractivity contribution is 5.28. The summed E-state index contributed by atoms with van der Waals surface area (Å²) in [5, 5.41) is 3.30. The summed E-state index contributed by atoms with van der Waals surface area (Å²) in [4.78, 5) is 0. The van der Waals surface area contributed by atoms with Gasteiger partial charge in [0.1, 0.15) is 5.75 Å². The average Bonchev–Trinajstić information content (AvgIpc) is 2.92. The topological polar surface area (TPSA) is 30.5 Å². The number of rotatable bonds is 7. The van der Waals surface area contributed by atoms with Crippen molar-refractivity contribution in [1.29, 1.82) is 0 Å². The number of hydrogen-bond donors (Lipinski definition) is 1. The van der Waals surface area contributed by atoms with E-state index in [-0.39, 0.29) is 0 Å². The van der Waals surface area contributed by atoms with Crippen LogP contribution >= 0.6 is 0 Å². The van der Waals surface area contributed by atoms with Crippen LogP contribution in [-0.4, -0.2) is 33.4 Å². The van der Waals surface area contributed by atoms with Gasteiger partial charge in [0.15, 0.2) is 0 Å². The molecule has 106 valence electrons. The number of nitrogens with one attached hydrogen (secondary N) is 1. The van der Waals surface area contributed by atoms with Crippen molar-refractivity contribution < 1.29 is 9.47 Å². The molecule has 3 nitrogen and oxygen atoms in total. The lowest BCUT2D eigenvalue weighted by Gasteiger charge is -2.20. The second kappa shape index (κ2) is 7.51. The molecule has 1 saturated heterocycles. The van der Waals surface area contributed by atoms with E-state index in [0.29, 0.717) is 12.0 Å². The Hall–Kier alpha value is -1.06. The lowest BCUT2D eigenvalue weighted by Crippen LogP contribution is -2.25. The summed E-state index contributed by atoms with van der Waals surface area (Å²) in [6.45, 7) is 1.98. The average molecular weight is 263 g/mol. The van der Waals surface area contributed by atoms with Gasteiger partial charge in [0.25, 0.3) is 0 Å². The smallest absolute Gasteiger partial charge is 0.119 e. The Morgan fingerprint density at radius 1 is 1.47 bits per heavy atom. The van der Waals surface area contributed by atoms with E-state index in [1.165, 1.54) is 18.4 Å². The zero-order chi connectivity index (χ0) is 13.5. The molecule has 0 radical (unpaired) electrons. The van der Waals surface area contributed by atoms with Crippen LogP contribution in [0.3, 0.4) is 0 Å². The molecular formula is C16H25NO2. The Balaban J connectivity index is 1.94. The normalized spacial score (nSPS) is 20.4. The summed E-state index contributed by atoms with van der Waals surface area (Å²) in [6, 6.07) is 8.38. The number of hydrogen-bond acceptors (Lipinski definition) is 3. The first-order valence-electron chi connectivity index (χ1n) is 7.21. The number of ether oxygens (including phenoxy) is 2. The van der Waals surface area contributed by atoms with Gasteiger partial charge in [-0.05, 0) is 62.9 Å². The molecule has 19 heavy (non-hydrogen) atoms. The Bertz CT molecular complexity index is 375. The molecule has 3 heteroatoms. The van der Waals surface area contributed by atoms with Crippen molar-refractivity contribution in [3.05, 3.63) is 29.8 Å². The first-order valence-corrected chi connectivity index (χ1v) is 7.21. The van der Waals surface area contributed by atoms with Crippen molar-refractivity contribution in [3.63, 3.8) is 0 Å². The van der Waals surface area contributed by atoms with E-state index in [2.05, 4.69) is 23.5 Å². The van der Waals surface area contributed by atoms with Crippen LogP contribution in [0.5, 0.6) is 5.75 Å². The number of benzene rings is 1. The predicted molar refractivity (Wildman–Crippen MR) is 77.7 cm³/mol. The zero-order valence-corrected chi connectivity index (χ0v) is 12.0. The van der Waals surface area contributed by atoms with Gasteiger partial charge in [-0.15, -0.1) is 0 Å². The number of methoxy groups -OCH3 is 1. The molecule has 1 heterocycles. The van der Waals surface area contributed by atoms with Crippen LogP contribution in [-0.2, 0) is 11.2 Å². The molecule has 2 unspecified atom stereocenters. The fraction of sp³-hybridized carbons (Fsp3) is 0.625.